The van der Waals surface area contributed by atoms with Crippen molar-refractivity contribution in [3.63, 3.8) is 0 Å². The number of hydrogen-bond donors (Lipinski definition) is 0. The van der Waals surface area contributed by atoms with E-state index in [9.17, 15) is 4.79 Å². The summed E-state index contributed by atoms with van der Waals surface area (Å²) in [5, 5.41) is 3.29. The third-order valence-corrected chi connectivity index (χ3v) is 1.53. The maximum absolute atomic E-state index is 10.7. The molecule has 0 aromatic heterocycles. The van der Waals surface area contributed by atoms with Crippen LogP contribution in [0.5, 0.6) is 0 Å². The Labute approximate surface area is 74.2 Å². The molecule has 5 heteroatoms. The monoisotopic (exact) mass is 188 g/mol. The van der Waals surface area contributed by atoms with Crippen molar-refractivity contribution in [2.45, 2.75) is 6.92 Å². The quantitative estimate of drug-likeness (QED) is 0.621. The lowest BCUT2D eigenvalue weighted by atomic mass is 10.9. The fourth-order valence-corrected chi connectivity index (χ4v) is 0.940. The van der Waals surface area contributed by atoms with Crippen LogP contribution < -0.4 is 0 Å². The molecule has 12 heavy (non-hydrogen) atoms. The summed E-state index contributed by atoms with van der Waals surface area (Å²) in [5.41, 5.74) is 0. The molecule has 0 aromatic carbocycles. The van der Waals surface area contributed by atoms with Gasteiger partial charge in [0.25, 0.3) is 0 Å². The molecule has 0 bridgehead atoms. The van der Waals surface area contributed by atoms with E-state index in [0.717, 1.165) is 0 Å². The van der Waals surface area contributed by atoms with E-state index in [1.165, 1.54) is 18.0 Å². The van der Waals surface area contributed by atoms with Crippen LogP contribution in [0, 0.1) is 0 Å². The maximum Gasteiger partial charge on any atom is 0.516 e. The second-order valence-corrected chi connectivity index (χ2v) is 2.53. The molecule has 0 spiro atoms. The van der Waals surface area contributed by atoms with Gasteiger partial charge in [0.15, 0.2) is 0 Å². The minimum absolute atomic E-state index is 0.140. The highest BCUT2D eigenvalue weighted by molar-refractivity contribution is 8.04. The Morgan fingerprint density at radius 1 is 1.75 bits per heavy atom. The minimum Gasteiger partial charge on any atom is -0.434 e. The van der Waals surface area contributed by atoms with Gasteiger partial charge < -0.3 is 14.2 Å². The largest absolute Gasteiger partial charge is 0.516 e. The van der Waals surface area contributed by atoms with Crippen molar-refractivity contribution in [2.75, 3.05) is 6.61 Å². The van der Waals surface area contributed by atoms with Gasteiger partial charge in [0.05, 0.1) is 12.0 Å². The molecule has 1 aliphatic heterocycles. The summed E-state index contributed by atoms with van der Waals surface area (Å²) in [7, 11) is 0. The minimum atomic E-state index is -0.750. The van der Waals surface area contributed by atoms with Gasteiger partial charge in [0.2, 0.25) is 0 Å². The second-order valence-electron chi connectivity index (χ2n) is 1.75. The van der Waals surface area contributed by atoms with Gasteiger partial charge in [-0.25, -0.2) is 4.79 Å². The SMILES string of the molecule is CCOC(=O)OC1=CSC=CO1. The Kier molecular flexibility index (Phi) is 3.53. The molecule has 0 fully saturated rings. The molecule has 4 nitrogen and oxygen atoms in total. The summed E-state index contributed by atoms with van der Waals surface area (Å²) in [5.74, 6) is 0.140. The molecule has 0 saturated heterocycles. The van der Waals surface area contributed by atoms with Crippen molar-refractivity contribution in [1.29, 1.82) is 0 Å². The molecule has 0 atom stereocenters. The summed E-state index contributed by atoms with van der Waals surface area (Å²) in [6.07, 6.45) is 0.679. The Balaban J connectivity index is 2.30. The van der Waals surface area contributed by atoms with Gasteiger partial charge in [-0.15, -0.1) is 0 Å². The van der Waals surface area contributed by atoms with Gasteiger partial charge in [-0.2, -0.15) is 0 Å². The van der Waals surface area contributed by atoms with E-state index in [1.807, 2.05) is 0 Å². The first kappa shape index (κ1) is 8.99. The molecular weight excluding hydrogens is 180 g/mol. The topological polar surface area (TPSA) is 44.8 Å². The lowest BCUT2D eigenvalue weighted by molar-refractivity contribution is 0.0446. The lowest BCUT2D eigenvalue weighted by Crippen LogP contribution is -2.07. The molecule has 1 rings (SSSR count). The van der Waals surface area contributed by atoms with Gasteiger partial charge >= 0.3 is 12.1 Å². The van der Waals surface area contributed by atoms with E-state index in [-0.39, 0.29) is 12.6 Å². The first-order chi connectivity index (χ1) is 5.83. The summed E-state index contributed by atoms with van der Waals surface area (Å²) < 4.78 is 14.0. The molecule has 0 N–H and O–H groups in total. The molecular formula is C7H8O4S. The number of rotatable bonds is 2. The highest BCUT2D eigenvalue weighted by atomic mass is 32.2. The zero-order valence-corrected chi connectivity index (χ0v) is 7.30. The second kappa shape index (κ2) is 4.71. The zero-order valence-electron chi connectivity index (χ0n) is 6.48. The summed E-state index contributed by atoms with van der Waals surface area (Å²) in [6.45, 7) is 1.99. The highest BCUT2D eigenvalue weighted by Crippen LogP contribution is 2.17. The predicted octanol–water partition coefficient (Wildman–Crippen LogP) is 2.19. The third-order valence-electron chi connectivity index (χ3n) is 0.929. The van der Waals surface area contributed by atoms with Crippen molar-refractivity contribution >= 4 is 17.9 Å². The molecule has 1 heterocycles. The van der Waals surface area contributed by atoms with Crippen molar-refractivity contribution < 1.29 is 19.0 Å². The van der Waals surface area contributed by atoms with Gasteiger partial charge in [0.1, 0.15) is 6.26 Å². The summed E-state index contributed by atoms with van der Waals surface area (Å²) in [4.78, 5) is 10.7. The van der Waals surface area contributed by atoms with E-state index in [0.29, 0.717) is 0 Å². The molecule has 0 unspecified atom stereocenters. The van der Waals surface area contributed by atoms with Gasteiger partial charge in [-0.1, -0.05) is 11.8 Å². The Bertz CT molecular complexity index is 221. The summed E-state index contributed by atoms with van der Waals surface area (Å²) in [6, 6.07) is 0. The van der Waals surface area contributed by atoms with E-state index in [1.54, 1.807) is 17.7 Å². The number of hydrogen-bond acceptors (Lipinski definition) is 5. The first-order valence-corrected chi connectivity index (χ1v) is 4.29. The molecule has 66 valence electrons. The zero-order chi connectivity index (χ0) is 8.81. The smallest absolute Gasteiger partial charge is 0.434 e. The highest BCUT2D eigenvalue weighted by Gasteiger charge is 2.09. The van der Waals surface area contributed by atoms with Crippen LogP contribution in [0.4, 0.5) is 4.79 Å². The van der Waals surface area contributed by atoms with Crippen LogP contribution >= 0.6 is 11.8 Å². The molecule has 0 aliphatic carbocycles. The standard InChI is InChI=1S/C7H8O4S/c1-2-9-7(8)11-6-5-12-4-3-10-6/h3-5H,2H2,1H3. The van der Waals surface area contributed by atoms with E-state index >= 15 is 0 Å². The van der Waals surface area contributed by atoms with Gasteiger partial charge in [0, 0.05) is 5.41 Å². The van der Waals surface area contributed by atoms with Crippen LogP contribution in [0.1, 0.15) is 6.92 Å². The number of carbonyl (C=O) groups is 1. The molecule has 0 saturated carbocycles. The lowest BCUT2D eigenvalue weighted by Gasteiger charge is -2.08. The average molecular weight is 188 g/mol. The van der Waals surface area contributed by atoms with Crippen molar-refractivity contribution in [2.24, 2.45) is 0 Å². The van der Waals surface area contributed by atoms with Crippen LogP contribution in [0.25, 0.3) is 0 Å². The van der Waals surface area contributed by atoms with Crippen molar-refractivity contribution in [3.05, 3.63) is 23.0 Å². The third kappa shape index (κ3) is 2.87. The Morgan fingerprint density at radius 2 is 2.58 bits per heavy atom. The number of ether oxygens (including phenoxy) is 3. The first-order valence-electron chi connectivity index (χ1n) is 3.35. The molecule has 1 aliphatic rings. The van der Waals surface area contributed by atoms with Gasteiger partial charge in [-0.3, -0.25) is 0 Å². The number of thioether (sulfide) groups is 1. The van der Waals surface area contributed by atoms with Crippen LogP contribution in [0.15, 0.2) is 23.0 Å². The number of carbonyl (C=O) groups excluding carboxylic acids is 1. The Hall–Kier alpha value is -1.10. The molecule has 0 radical (unpaired) electrons. The van der Waals surface area contributed by atoms with Crippen LogP contribution in [0.3, 0.4) is 0 Å². The van der Waals surface area contributed by atoms with Crippen LogP contribution in [0.2, 0.25) is 0 Å². The maximum atomic E-state index is 10.7. The fourth-order valence-electron chi connectivity index (χ4n) is 0.527. The van der Waals surface area contributed by atoms with Crippen molar-refractivity contribution in [1.82, 2.24) is 0 Å². The average Bonchev–Trinajstić information content (AvgIpc) is 2.06. The van der Waals surface area contributed by atoms with E-state index in [4.69, 9.17) is 4.74 Å². The van der Waals surface area contributed by atoms with Crippen LogP contribution in [-0.4, -0.2) is 12.8 Å². The van der Waals surface area contributed by atoms with Crippen LogP contribution in [-0.2, 0) is 14.2 Å². The van der Waals surface area contributed by atoms with E-state index < -0.39 is 6.16 Å². The normalized spacial score (nSPS) is 14.6. The predicted molar refractivity (Wildman–Crippen MR) is 44.0 cm³/mol. The van der Waals surface area contributed by atoms with Gasteiger partial charge in [-0.05, 0) is 6.92 Å². The fraction of sp³-hybridized carbons (Fsp3) is 0.286. The summed E-state index contributed by atoms with van der Waals surface area (Å²) >= 11 is 1.36. The van der Waals surface area contributed by atoms with E-state index in [2.05, 4.69) is 9.47 Å². The molecule has 0 aromatic rings. The Morgan fingerprint density at radius 3 is 3.17 bits per heavy atom. The van der Waals surface area contributed by atoms with Crippen molar-refractivity contribution in [3.8, 4) is 0 Å². The molecule has 0 amide bonds.